The number of rotatable bonds is 12. The lowest BCUT2D eigenvalue weighted by Crippen LogP contribution is -2.39. The monoisotopic (exact) mass is 705 g/mol. The molecule has 0 aromatic heterocycles. The third-order valence-electron chi connectivity index (χ3n) is 6.01. The van der Waals surface area contributed by atoms with Crippen LogP contribution in [0.5, 0.6) is 17.2 Å². The Hall–Kier alpha value is -3.77. The molecule has 1 amide bonds. The van der Waals surface area contributed by atoms with E-state index in [2.05, 4.69) is 26.5 Å². The van der Waals surface area contributed by atoms with Gasteiger partial charge in [0.1, 0.15) is 18.9 Å². The molecule has 0 atom stereocenters. The lowest BCUT2D eigenvalue weighted by molar-refractivity contribution is -0.119. The second-order valence-corrected chi connectivity index (χ2v) is 12.4. The van der Waals surface area contributed by atoms with Crippen molar-refractivity contribution in [2.24, 2.45) is 5.10 Å². The molecule has 0 bridgehead atoms. The summed E-state index contributed by atoms with van der Waals surface area (Å²) in [5.41, 5.74) is 3.91. The number of amides is 1. The first-order valence-corrected chi connectivity index (χ1v) is 15.6. The Labute approximate surface area is 268 Å². The van der Waals surface area contributed by atoms with Gasteiger partial charge >= 0.3 is 0 Å². The number of sulfonamides is 1. The van der Waals surface area contributed by atoms with Crippen LogP contribution in [0.4, 0.5) is 5.69 Å². The number of nitrogens with zero attached hydrogens (tertiary/aromatic N) is 2. The predicted octanol–water partition coefficient (Wildman–Crippen LogP) is 6.70. The number of nitrogens with one attached hydrogen (secondary N) is 1. The number of hydrazone groups is 1. The molecular formula is C30H26BrCl2N3O6S. The number of para-hydroxylation sites is 2. The average Bonchev–Trinajstić information content (AvgIpc) is 3.00. The largest absolute Gasteiger partial charge is 0.495 e. The topological polar surface area (TPSA) is 107 Å². The Bertz CT molecular complexity index is 1740. The van der Waals surface area contributed by atoms with Gasteiger partial charge < -0.3 is 14.2 Å². The lowest BCUT2D eigenvalue weighted by atomic mass is 10.2. The predicted molar refractivity (Wildman–Crippen MR) is 171 cm³/mol. The van der Waals surface area contributed by atoms with E-state index in [0.29, 0.717) is 31.6 Å². The van der Waals surface area contributed by atoms with Gasteiger partial charge in [0.15, 0.2) is 11.5 Å². The molecule has 0 saturated carbocycles. The third-order valence-corrected chi connectivity index (χ3v) is 8.96. The van der Waals surface area contributed by atoms with Crippen LogP contribution >= 0.6 is 39.1 Å². The van der Waals surface area contributed by atoms with E-state index in [1.54, 1.807) is 72.8 Å². The SMILES string of the molecule is COc1ccccc1N(CC(=O)N/N=C/c1cc(Br)c(OCc2ccc(Cl)cc2Cl)c(OC)c1)S(=O)(=O)c1ccccc1. The number of hydrogen-bond donors (Lipinski definition) is 1. The maximum atomic E-state index is 13.6. The van der Waals surface area contributed by atoms with Gasteiger partial charge in [0.2, 0.25) is 0 Å². The Morgan fingerprint density at radius 2 is 1.65 bits per heavy atom. The quantitative estimate of drug-likeness (QED) is 0.130. The highest BCUT2D eigenvalue weighted by atomic mass is 79.9. The zero-order chi connectivity index (χ0) is 31.0. The Balaban J connectivity index is 1.50. The highest BCUT2D eigenvalue weighted by Crippen LogP contribution is 2.37. The molecule has 4 aromatic carbocycles. The first-order chi connectivity index (χ1) is 20.6. The van der Waals surface area contributed by atoms with Gasteiger partial charge in [0.05, 0.1) is 35.5 Å². The van der Waals surface area contributed by atoms with Gasteiger partial charge in [-0.2, -0.15) is 5.10 Å². The molecule has 0 radical (unpaired) electrons. The van der Waals surface area contributed by atoms with E-state index in [9.17, 15) is 13.2 Å². The molecule has 0 saturated heterocycles. The summed E-state index contributed by atoms with van der Waals surface area (Å²) in [4.78, 5) is 13.0. The summed E-state index contributed by atoms with van der Waals surface area (Å²) >= 11 is 15.7. The van der Waals surface area contributed by atoms with Gasteiger partial charge in [-0.1, -0.05) is 59.6 Å². The Morgan fingerprint density at radius 1 is 0.953 bits per heavy atom. The normalized spacial score (nSPS) is 11.3. The molecule has 0 heterocycles. The highest BCUT2D eigenvalue weighted by molar-refractivity contribution is 9.10. The minimum atomic E-state index is -4.12. The number of carbonyl (C=O) groups is 1. The van der Waals surface area contributed by atoms with Gasteiger partial charge in [-0.25, -0.2) is 13.8 Å². The summed E-state index contributed by atoms with van der Waals surface area (Å²) in [5.74, 6) is 0.459. The van der Waals surface area contributed by atoms with E-state index >= 15 is 0 Å². The van der Waals surface area contributed by atoms with Crippen LogP contribution in [-0.2, 0) is 21.4 Å². The molecule has 0 fully saturated rings. The fourth-order valence-electron chi connectivity index (χ4n) is 3.94. The molecule has 0 aliphatic heterocycles. The summed E-state index contributed by atoms with van der Waals surface area (Å²) in [6, 6.07) is 22.9. The van der Waals surface area contributed by atoms with E-state index in [-0.39, 0.29) is 22.9 Å². The van der Waals surface area contributed by atoms with E-state index in [4.69, 9.17) is 37.4 Å². The van der Waals surface area contributed by atoms with E-state index in [1.807, 2.05) is 0 Å². The fourth-order valence-corrected chi connectivity index (χ4v) is 6.43. The first kappa shape index (κ1) is 32.2. The molecule has 0 aliphatic rings. The summed E-state index contributed by atoms with van der Waals surface area (Å²) in [7, 11) is -1.20. The second-order valence-electron chi connectivity index (χ2n) is 8.85. The number of anilines is 1. The Kier molecular flexibility index (Phi) is 10.9. The van der Waals surface area contributed by atoms with Crippen LogP contribution in [-0.4, -0.2) is 41.3 Å². The van der Waals surface area contributed by atoms with Crippen molar-refractivity contribution >= 4 is 67.0 Å². The van der Waals surface area contributed by atoms with E-state index < -0.39 is 22.5 Å². The van der Waals surface area contributed by atoms with Gasteiger partial charge in [-0.3, -0.25) is 9.10 Å². The molecule has 0 unspecified atom stereocenters. The van der Waals surface area contributed by atoms with Crippen LogP contribution < -0.4 is 23.9 Å². The summed E-state index contributed by atoms with van der Waals surface area (Å²) in [6.45, 7) is -0.384. The number of ether oxygens (including phenoxy) is 3. The molecule has 224 valence electrons. The molecule has 0 aliphatic carbocycles. The molecule has 9 nitrogen and oxygen atoms in total. The molecule has 4 aromatic rings. The smallest absolute Gasteiger partial charge is 0.264 e. The zero-order valence-corrected chi connectivity index (χ0v) is 26.9. The maximum Gasteiger partial charge on any atom is 0.264 e. The number of hydrogen-bond acceptors (Lipinski definition) is 7. The van der Waals surface area contributed by atoms with Gasteiger partial charge in [-0.15, -0.1) is 0 Å². The lowest BCUT2D eigenvalue weighted by Gasteiger charge is -2.25. The fraction of sp³-hybridized carbons (Fsp3) is 0.133. The highest BCUT2D eigenvalue weighted by Gasteiger charge is 2.29. The maximum absolute atomic E-state index is 13.6. The van der Waals surface area contributed by atoms with Crippen molar-refractivity contribution < 1.29 is 27.4 Å². The van der Waals surface area contributed by atoms with Crippen molar-refractivity contribution in [3.63, 3.8) is 0 Å². The van der Waals surface area contributed by atoms with Crippen molar-refractivity contribution in [1.82, 2.24) is 5.43 Å². The molecule has 4 rings (SSSR count). The first-order valence-electron chi connectivity index (χ1n) is 12.6. The molecule has 43 heavy (non-hydrogen) atoms. The van der Waals surface area contributed by atoms with Crippen molar-refractivity contribution in [3.05, 3.63) is 111 Å². The number of methoxy groups -OCH3 is 2. The molecule has 0 spiro atoms. The van der Waals surface area contributed by atoms with Crippen LogP contribution in [0.2, 0.25) is 10.0 Å². The molecule has 1 N–H and O–H groups in total. The van der Waals surface area contributed by atoms with Crippen molar-refractivity contribution in [3.8, 4) is 17.2 Å². The second kappa shape index (κ2) is 14.6. The van der Waals surface area contributed by atoms with E-state index in [0.717, 1.165) is 9.87 Å². The summed E-state index contributed by atoms with van der Waals surface area (Å²) in [6.07, 6.45) is 1.39. The Morgan fingerprint density at radius 3 is 2.35 bits per heavy atom. The van der Waals surface area contributed by atoms with Crippen LogP contribution in [0.25, 0.3) is 0 Å². The van der Waals surface area contributed by atoms with Gasteiger partial charge in [0.25, 0.3) is 15.9 Å². The number of carbonyl (C=O) groups excluding carboxylic acids is 1. The number of halogens is 3. The zero-order valence-electron chi connectivity index (χ0n) is 23.0. The van der Waals surface area contributed by atoms with Crippen molar-refractivity contribution in [2.75, 3.05) is 25.1 Å². The third kappa shape index (κ3) is 7.99. The van der Waals surface area contributed by atoms with Crippen LogP contribution in [0, 0.1) is 0 Å². The van der Waals surface area contributed by atoms with Crippen LogP contribution in [0.1, 0.15) is 11.1 Å². The minimum Gasteiger partial charge on any atom is -0.495 e. The van der Waals surface area contributed by atoms with E-state index in [1.165, 1.54) is 32.6 Å². The average molecular weight is 707 g/mol. The molecule has 13 heteroatoms. The molecular weight excluding hydrogens is 681 g/mol. The summed E-state index contributed by atoms with van der Waals surface area (Å²) in [5, 5.41) is 5.02. The van der Waals surface area contributed by atoms with Crippen molar-refractivity contribution in [1.29, 1.82) is 0 Å². The van der Waals surface area contributed by atoms with Crippen LogP contribution in [0.15, 0.2) is 99.4 Å². The number of benzene rings is 4. The standard InChI is InChI=1S/C30H26BrCl2N3O6S/c1-40-27-11-7-6-10-26(27)36(43(38,39)23-8-4-3-5-9-23)18-29(37)35-34-17-20-14-24(31)30(28(15-20)41-2)42-19-21-12-13-22(32)16-25(21)33/h3-17H,18-19H2,1-2H3,(H,35,37)/b34-17+. The van der Waals surface area contributed by atoms with Crippen LogP contribution in [0.3, 0.4) is 0 Å². The summed E-state index contributed by atoms with van der Waals surface area (Å²) < 4.78 is 45.5. The van der Waals surface area contributed by atoms with Gasteiger partial charge in [-0.05, 0) is 70.0 Å². The van der Waals surface area contributed by atoms with Gasteiger partial charge in [0, 0.05) is 15.6 Å². The minimum absolute atomic E-state index is 0.0230. The van der Waals surface area contributed by atoms with Crippen molar-refractivity contribution in [2.45, 2.75) is 11.5 Å².